The minimum atomic E-state index is -1.62. The van der Waals surface area contributed by atoms with E-state index in [1.807, 2.05) is 0 Å². The van der Waals surface area contributed by atoms with E-state index >= 15 is 0 Å². The van der Waals surface area contributed by atoms with Crippen LogP contribution < -0.4 is 5.73 Å². The molecule has 19 heavy (non-hydrogen) atoms. The van der Waals surface area contributed by atoms with Crippen LogP contribution in [0.4, 0.5) is 14.5 Å². The van der Waals surface area contributed by atoms with E-state index in [0.717, 1.165) is 44.2 Å². The topological polar surface area (TPSA) is 43.1 Å². The monoisotopic (exact) mass is 287 g/mol. The summed E-state index contributed by atoms with van der Waals surface area (Å²) in [5.41, 5.74) is 5.38. The van der Waals surface area contributed by atoms with Crippen molar-refractivity contribution in [3.63, 3.8) is 0 Å². The van der Waals surface area contributed by atoms with Gasteiger partial charge in [-0.05, 0) is 43.7 Å². The summed E-state index contributed by atoms with van der Waals surface area (Å²) in [6.07, 6.45) is 4.64. The predicted octanol–water partition coefficient (Wildman–Crippen LogP) is 3.62. The van der Waals surface area contributed by atoms with Crippen molar-refractivity contribution in [3.8, 4) is 0 Å². The number of nitrogen functional groups attached to an aromatic ring is 1. The number of benzene rings is 1. The van der Waals surface area contributed by atoms with E-state index in [1.165, 1.54) is 0 Å². The summed E-state index contributed by atoms with van der Waals surface area (Å²) in [5.74, 6) is -0.934. The molecule has 1 atom stereocenters. The maximum Gasteiger partial charge on any atom is 0.144 e. The van der Waals surface area contributed by atoms with Gasteiger partial charge in [-0.3, -0.25) is 4.21 Å². The Kier molecular flexibility index (Phi) is 4.55. The molecular weight excluding hydrogens is 268 g/mol. The van der Waals surface area contributed by atoms with Crippen molar-refractivity contribution in [1.82, 2.24) is 0 Å². The van der Waals surface area contributed by atoms with Crippen LogP contribution >= 0.6 is 0 Å². The molecule has 5 heteroatoms. The molecule has 2 nitrogen and oxygen atoms in total. The lowest BCUT2D eigenvalue weighted by Crippen LogP contribution is -2.24. The molecule has 0 radical (unpaired) electrons. The van der Waals surface area contributed by atoms with Gasteiger partial charge in [0, 0.05) is 10.9 Å². The number of rotatable bonds is 3. The fourth-order valence-corrected chi connectivity index (χ4v) is 4.23. The van der Waals surface area contributed by atoms with Gasteiger partial charge in [-0.25, -0.2) is 8.78 Å². The molecule has 1 unspecified atom stereocenters. The van der Waals surface area contributed by atoms with Crippen molar-refractivity contribution in [3.05, 3.63) is 23.8 Å². The highest BCUT2D eigenvalue weighted by Gasteiger charge is 2.28. The van der Waals surface area contributed by atoms with Crippen LogP contribution in [0.5, 0.6) is 0 Å². The van der Waals surface area contributed by atoms with Gasteiger partial charge in [-0.15, -0.1) is 0 Å². The van der Waals surface area contributed by atoms with Crippen LogP contribution in [0, 0.1) is 17.6 Å². The van der Waals surface area contributed by atoms with Crippen LogP contribution in [0.2, 0.25) is 0 Å². The van der Waals surface area contributed by atoms with Crippen LogP contribution in [-0.4, -0.2) is 9.46 Å². The Balaban J connectivity index is 2.17. The fourth-order valence-electron chi connectivity index (χ4n) is 2.69. The third-order valence-electron chi connectivity index (χ3n) is 3.90. The molecule has 1 fully saturated rings. The molecule has 1 aliphatic carbocycles. The van der Waals surface area contributed by atoms with Gasteiger partial charge < -0.3 is 5.73 Å². The van der Waals surface area contributed by atoms with Gasteiger partial charge in [0.2, 0.25) is 0 Å². The van der Waals surface area contributed by atoms with Crippen LogP contribution in [-0.2, 0) is 10.8 Å². The Bertz CT molecular complexity index is 461. The van der Waals surface area contributed by atoms with Gasteiger partial charge in [0.05, 0.1) is 10.8 Å². The van der Waals surface area contributed by atoms with E-state index in [-0.39, 0.29) is 15.8 Å². The Labute approximate surface area is 114 Å². The van der Waals surface area contributed by atoms with Crippen molar-refractivity contribution in [2.24, 2.45) is 5.92 Å². The Hall–Kier alpha value is -0.970. The fraction of sp³-hybridized carbons (Fsp3) is 0.571. The molecule has 1 saturated carbocycles. The summed E-state index contributed by atoms with van der Waals surface area (Å²) >= 11 is 0. The van der Waals surface area contributed by atoms with E-state index in [4.69, 9.17) is 5.73 Å². The second-order valence-electron chi connectivity index (χ2n) is 5.16. The number of halogens is 2. The highest BCUT2D eigenvalue weighted by molar-refractivity contribution is 7.85. The molecule has 0 aliphatic heterocycles. The van der Waals surface area contributed by atoms with Crippen molar-refractivity contribution < 1.29 is 13.0 Å². The van der Waals surface area contributed by atoms with Gasteiger partial charge in [-0.2, -0.15) is 0 Å². The number of hydrogen-bond acceptors (Lipinski definition) is 2. The first-order valence-electron chi connectivity index (χ1n) is 6.68. The van der Waals surface area contributed by atoms with Crippen LogP contribution in [0.25, 0.3) is 0 Å². The molecule has 106 valence electrons. The van der Waals surface area contributed by atoms with Gasteiger partial charge in [0.15, 0.2) is 0 Å². The number of anilines is 1. The third-order valence-corrected chi connectivity index (χ3v) is 5.76. The summed E-state index contributed by atoms with van der Waals surface area (Å²) in [7, 11) is -1.62. The second kappa shape index (κ2) is 5.99. The van der Waals surface area contributed by atoms with Crippen molar-refractivity contribution in [2.75, 3.05) is 5.73 Å². The van der Waals surface area contributed by atoms with Crippen molar-refractivity contribution in [2.45, 2.75) is 49.2 Å². The molecular formula is C14H19F2NOS. The maximum absolute atomic E-state index is 13.7. The van der Waals surface area contributed by atoms with E-state index < -0.39 is 22.4 Å². The summed E-state index contributed by atoms with van der Waals surface area (Å²) in [4.78, 5) is -0.311. The van der Waals surface area contributed by atoms with Crippen LogP contribution in [0.3, 0.4) is 0 Å². The molecule has 0 heterocycles. The molecule has 1 aromatic carbocycles. The number of nitrogens with two attached hydrogens (primary N) is 1. The Morgan fingerprint density at radius 1 is 1.21 bits per heavy atom. The lowest BCUT2D eigenvalue weighted by atomic mass is 9.87. The lowest BCUT2D eigenvalue weighted by molar-refractivity contribution is 0.352. The minimum absolute atomic E-state index is 0.0189. The highest BCUT2D eigenvalue weighted by atomic mass is 32.2. The molecule has 1 aliphatic rings. The van der Waals surface area contributed by atoms with E-state index in [2.05, 4.69) is 6.92 Å². The first-order valence-corrected chi connectivity index (χ1v) is 7.89. The molecule has 2 N–H and O–H groups in total. The quantitative estimate of drug-likeness (QED) is 0.863. The van der Waals surface area contributed by atoms with Gasteiger partial charge in [0.1, 0.15) is 16.5 Å². The van der Waals surface area contributed by atoms with Crippen LogP contribution in [0.1, 0.15) is 39.0 Å². The SMILES string of the molecule is CCC1CCC(S(=O)c2c(F)cc(N)cc2F)CC1. The standard InChI is InChI=1S/C14H19F2NOS/c1-2-9-3-5-11(6-4-9)19(18)14-12(15)7-10(17)8-13(14)16/h7-9,11H,2-6,17H2,1H3. The Morgan fingerprint density at radius 2 is 1.74 bits per heavy atom. The summed E-state index contributed by atoms with van der Waals surface area (Å²) < 4.78 is 39.8. The zero-order chi connectivity index (χ0) is 14.0. The maximum atomic E-state index is 13.7. The zero-order valence-electron chi connectivity index (χ0n) is 11.0. The molecule has 0 bridgehead atoms. The summed E-state index contributed by atoms with van der Waals surface area (Å²) in [6, 6.07) is 2.07. The number of hydrogen-bond donors (Lipinski definition) is 1. The minimum Gasteiger partial charge on any atom is -0.399 e. The molecule has 0 spiro atoms. The van der Waals surface area contributed by atoms with Gasteiger partial charge >= 0.3 is 0 Å². The molecule has 0 amide bonds. The van der Waals surface area contributed by atoms with Crippen molar-refractivity contribution in [1.29, 1.82) is 0 Å². The van der Waals surface area contributed by atoms with Gasteiger partial charge in [0.25, 0.3) is 0 Å². The molecule has 2 rings (SSSR count). The zero-order valence-corrected chi connectivity index (χ0v) is 11.8. The normalized spacial score (nSPS) is 25.2. The van der Waals surface area contributed by atoms with Gasteiger partial charge in [-0.1, -0.05) is 13.3 Å². The molecule has 0 saturated heterocycles. The molecule has 1 aromatic rings. The van der Waals surface area contributed by atoms with E-state index in [0.29, 0.717) is 5.92 Å². The highest BCUT2D eigenvalue weighted by Crippen LogP contribution is 2.33. The smallest absolute Gasteiger partial charge is 0.144 e. The largest absolute Gasteiger partial charge is 0.399 e. The second-order valence-corrected chi connectivity index (χ2v) is 6.83. The first-order chi connectivity index (χ1) is 9.02. The Morgan fingerprint density at radius 3 is 2.21 bits per heavy atom. The van der Waals surface area contributed by atoms with Crippen molar-refractivity contribution >= 4 is 16.5 Å². The first kappa shape index (κ1) is 14.4. The lowest BCUT2D eigenvalue weighted by Gasteiger charge is -2.27. The summed E-state index contributed by atoms with van der Waals surface area (Å²) in [6.45, 7) is 2.14. The molecule has 0 aromatic heterocycles. The average molecular weight is 287 g/mol. The predicted molar refractivity (Wildman–Crippen MR) is 73.2 cm³/mol. The van der Waals surface area contributed by atoms with E-state index in [9.17, 15) is 13.0 Å². The third kappa shape index (κ3) is 3.14. The average Bonchev–Trinajstić information content (AvgIpc) is 2.37. The van der Waals surface area contributed by atoms with E-state index in [1.54, 1.807) is 0 Å². The van der Waals surface area contributed by atoms with Crippen LogP contribution in [0.15, 0.2) is 17.0 Å². The summed E-state index contributed by atoms with van der Waals surface area (Å²) in [5, 5.41) is -0.143.